The number of carbonyl (C=O) groups is 1. The quantitative estimate of drug-likeness (QED) is 0.443. The zero-order valence-corrected chi connectivity index (χ0v) is 13.2. The fourth-order valence-electron chi connectivity index (χ4n) is 1.75. The molecule has 2 aromatic heterocycles. The lowest BCUT2D eigenvalue weighted by atomic mass is 10.1. The van der Waals surface area contributed by atoms with Crippen LogP contribution in [0.2, 0.25) is 0 Å². The van der Waals surface area contributed by atoms with Crippen LogP contribution in [-0.4, -0.2) is 22.7 Å². The van der Waals surface area contributed by atoms with E-state index in [1.165, 1.54) is 23.1 Å². The van der Waals surface area contributed by atoms with Gasteiger partial charge in [-0.1, -0.05) is 12.1 Å². The van der Waals surface area contributed by atoms with E-state index >= 15 is 0 Å². The molecule has 2 rings (SSSR count). The lowest BCUT2D eigenvalue weighted by Gasteiger charge is -2.12. The first-order chi connectivity index (χ1) is 10.9. The normalized spacial score (nSPS) is 11.0. The first-order valence-electron chi connectivity index (χ1n) is 6.22. The summed E-state index contributed by atoms with van der Waals surface area (Å²) in [5.74, 6) is -1.57. The highest BCUT2D eigenvalue weighted by molar-refractivity contribution is 7.99. The summed E-state index contributed by atoms with van der Waals surface area (Å²) in [6.07, 6.45) is -3.44. The molecule has 0 aromatic carbocycles. The minimum atomic E-state index is -5.03. The van der Waals surface area contributed by atoms with E-state index in [1.807, 2.05) is 0 Å². The summed E-state index contributed by atoms with van der Waals surface area (Å²) in [7, 11) is 0. The van der Waals surface area contributed by atoms with E-state index in [-0.39, 0.29) is 16.3 Å². The van der Waals surface area contributed by atoms with Crippen LogP contribution in [0.15, 0.2) is 41.3 Å². The van der Waals surface area contributed by atoms with E-state index in [4.69, 9.17) is 5.26 Å². The number of Topliss-reactive ketones (excluding diaryl/α,β-unsaturated/α-hetero) is 1. The van der Waals surface area contributed by atoms with Gasteiger partial charge in [0.15, 0.2) is 0 Å². The Balaban J connectivity index is 2.67. The second-order valence-electron chi connectivity index (χ2n) is 4.25. The molecule has 0 aliphatic carbocycles. The van der Waals surface area contributed by atoms with Gasteiger partial charge in [-0.15, -0.1) is 29.7 Å². The SMILES string of the molecule is C=CCSc1nc(-c2cccs2)c(C(=O)C(F)(F)F)cc1C#N. The van der Waals surface area contributed by atoms with Crippen molar-refractivity contribution < 1.29 is 18.0 Å². The molecule has 0 unspecified atom stereocenters. The highest BCUT2D eigenvalue weighted by atomic mass is 32.2. The molecule has 0 N–H and O–H groups in total. The summed E-state index contributed by atoms with van der Waals surface area (Å²) in [4.78, 5) is 16.3. The molecule has 0 atom stereocenters. The number of alkyl halides is 3. The molecular weight excluding hydrogens is 345 g/mol. The number of hydrogen-bond acceptors (Lipinski definition) is 5. The number of thioether (sulfide) groups is 1. The number of thiophene rings is 1. The third-order valence-electron chi connectivity index (χ3n) is 2.70. The number of nitriles is 1. The number of ketones is 1. The second-order valence-corrected chi connectivity index (χ2v) is 6.21. The second kappa shape index (κ2) is 6.98. The molecule has 0 fully saturated rings. The maximum Gasteiger partial charge on any atom is 0.454 e. The lowest BCUT2D eigenvalue weighted by molar-refractivity contribution is -0.0885. The average molecular weight is 354 g/mol. The van der Waals surface area contributed by atoms with Crippen LogP contribution in [0.5, 0.6) is 0 Å². The average Bonchev–Trinajstić information content (AvgIpc) is 3.04. The van der Waals surface area contributed by atoms with Crippen LogP contribution in [0, 0.1) is 11.3 Å². The highest BCUT2D eigenvalue weighted by Crippen LogP contribution is 2.34. The number of pyridine rings is 1. The first-order valence-corrected chi connectivity index (χ1v) is 8.09. The third-order valence-corrected chi connectivity index (χ3v) is 4.57. The van der Waals surface area contributed by atoms with E-state index < -0.39 is 17.5 Å². The molecule has 0 saturated carbocycles. The van der Waals surface area contributed by atoms with Crippen LogP contribution in [0.4, 0.5) is 13.2 Å². The van der Waals surface area contributed by atoms with Gasteiger partial charge in [0.25, 0.3) is 5.78 Å². The van der Waals surface area contributed by atoms with Crippen molar-refractivity contribution in [1.82, 2.24) is 4.98 Å². The maximum absolute atomic E-state index is 12.8. The summed E-state index contributed by atoms with van der Waals surface area (Å²) in [5, 5.41) is 11.1. The number of carbonyl (C=O) groups excluding carboxylic acids is 1. The van der Waals surface area contributed by atoms with Gasteiger partial charge < -0.3 is 0 Å². The zero-order valence-electron chi connectivity index (χ0n) is 11.6. The van der Waals surface area contributed by atoms with Crippen molar-refractivity contribution in [1.29, 1.82) is 5.26 Å². The molecule has 0 bridgehead atoms. The molecule has 0 spiro atoms. The molecule has 0 amide bonds. The first kappa shape index (κ1) is 17.2. The fourth-order valence-corrected chi connectivity index (χ4v) is 3.17. The molecule has 2 aromatic rings. The molecule has 0 radical (unpaired) electrons. The van der Waals surface area contributed by atoms with Crippen LogP contribution >= 0.6 is 23.1 Å². The van der Waals surface area contributed by atoms with Gasteiger partial charge >= 0.3 is 6.18 Å². The largest absolute Gasteiger partial charge is 0.454 e. The summed E-state index contributed by atoms with van der Waals surface area (Å²) < 4.78 is 38.5. The van der Waals surface area contributed by atoms with Gasteiger partial charge in [0.1, 0.15) is 11.1 Å². The van der Waals surface area contributed by atoms with Crippen LogP contribution in [0.25, 0.3) is 10.6 Å². The van der Waals surface area contributed by atoms with Crippen LogP contribution in [0.3, 0.4) is 0 Å². The molecule has 8 heteroatoms. The monoisotopic (exact) mass is 354 g/mol. The van der Waals surface area contributed by atoms with Gasteiger partial charge in [-0.25, -0.2) is 4.98 Å². The number of aromatic nitrogens is 1. The van der Waals surface area contributed by atoms with Crippen molar-refractivity contribution in [2.75, 3.05) is 5.75 Å². The Morgan fingerprint density at radius 2 is 2.26 bits per heavy atom. The Morgan fingerprint density at radius 3 is 2.78 bits per heavy atom. The van der Waals surface area contributed by atoms with Gasteiger partial charge in [0, 0.05) is 5.75 Å². The van der Waals surface area contributed by atoms with E-state index in [0.29, 0.717) is 10.6 Å². The van der Waals surface area contributed by atoms with E-state index in [0.717, 1.165) is 6.07 Å². The van der Waals surface area contributed by atoms with Crippen LogP contribution in [0.1, 0.15) is 15.9 Å². The van der Waals surface area contributed by atoms with Crippen LogP contribution in [-0.2, 0) is 0 Å². The number of nitrogens with zero attached hydrogens (tertiary/aromatic N) is 2. The molecule has 3 nitrogen and oxygen atoms in total. The lowest BCUT2D eigenvalue weighted by Crippen LogP contribution is -2.24. The zero-order chi connectivity index (χ0) is 17.0. The number of hydrogen-bond donors (Lipinski definition) is 0. The van der Waals surface area contributed by atoms with E-state index in [1.54, 1.807) is 29.7 Å². The van der Waals surface area contributed by atoms with Gasteiger partial charge in [-0.2, -0.15) is 18.4 Å². The van der Waals surface area contributed by atoms with Gasteiger partial charge in [0.2, 0.25) is 0 Å². The molecule has 23 heavy (non-hydrogen) atoms. The Labute approximate surface area is 138 Å². The Bertz CT molecular complexity index is 777. The molecular formula is C15H9F3N2OS2. The molecule has 2 heterocycles. The van der Waals surface area contributed by atoms with Gasteiger partial charge in [-0.3, -0.25) is 4.79 Å². The standard InChI is InChI=1S/C15H9F3N2OS2/c1-2-5-23-14-9(8-19)7-10(13(21)15(16,17)18)12(20-14)11-4-3-6-22-11/h2-4,6-7H,1,5H2. The predicted molar refractivity (Wildman–Crippen MR) is 83.6 cm³/mol. The van der Waals surface area contributed by atoms with Gasteiger partial charge in [0.05, 0.1) is 21.7 Å². The minimum Gasteiger partial charge on any atom is -0.284 e. The maximum atomic E-state index is 12.8. The third kappa shape index (κ3) is 3.81. The Hall–Kier alpha value is -2.11. The smallest absolute Gasteiger partial charge is 0.284 e. The van der Waals surface area contributed by atoms with Crippen LogP contribution < -0.4 is 0 Å². The molecule has 0 saturated heterocycles. The summed E-state index contributed by atoms with van der Waals surface area (Å²) in [6, 6.07) is 5.98. The topological polar surface area (TPSA) is 53.8 Å². The summed E-state index contributed by atoms with van der Waals surface area (Å²) in [5.41, 5.74) is -0.739. The predicted octanol–water partition coefficient (Wildman–Crippen LogP) is 4.70. The van der Waals surface area contributed by atoms with Gasteiger partial charge in [-0.05, 0) is 17.5 Å². The molecule has 0 aliphatic heterocycles. The van der Waals surface area contributed by atoms with E-state index in [2.05, 4.69) is 11.6 Å². The van der Waals surface area contributed by atoms with Crippen molar-refractivity contribution in [3.05, 3.63) is 47.4 Å². The highest BCUT2D eigenvalue weighted by Gasteiger charge is 2.41. The van der Waals surface area contributed by atoms with Crippen molar-refractivity contribution in [2.45, 2.75) is 11.2 Å². The van der Waals surface area contributed by atoms with Crippen molar-refractivity contribution in [2.24, 2.45) is 0 Å². The Kier molecular flexibility index (Phi) is 5.23. The van der Waals surface area contributed by atoms with Crippen molar-refractivity contribution in [3.63, 3.8) is 0 Å². The van der Waals surface area contributed by atoms with Crippen molar-refractivity contribution in [3.8, 4) is 16.6 Å². The van der Waals surface area contributed by atoms with E-state index in [9.17, 15) is 18.0 Å². The summed E-state index contributed by atoms with van der Waals surface area (Å²) in [6.45, 7) is 3.55. The Morgan fingerprint density at radius 1 is 1.52 bits per heavy atom. The summed E-state index contributed by atoms with van der Waals surface area (Å²) >= 11 is 2.34. The minimum absolute atomic E-state index is 0.0621. The number of rotatable bonds is 5. The molecule has 0 aliphatic rings. The number of halogens is 3. The molecule has 118 valence electrons. The fraction of sp³-hybridized carbons (Fsp3) is 0.133. The van der Waals surface area contributed by atoms with Crippen molar-refractivity contribution >= 4 is 28.9 Å².